The van der Waals surface area contributed by atoms with Crippen molar-refractivity contribution in [3.8, 4) is 0 Å². The van der Waals surface area contributed by atoms with Gasteiger partial charge in [-0.15, -0.1) is 0 Å². The van der Waals surface area contributed by atoms with Crippen LogP contribution in [0.15, 0.2) is 16.7 Å². The Morgan fingerprint density at radius 2 is 2.08 bits per heavy atom. The van der Waals surface area contributed by atoms with Gasteiger partial charge >= 0.3 is 0 Å². The minimum absolute atomic E-state index is 0.440. The molecule has 0 bridgehead atoms. The first-order valence-corrected chi connectivity index (χ1v) is 4.14. The fourth-order valence-corrected chi connectivity index (χ4v) is 0.923. The van der Waals surface area contributed by atoms with Gasteiger partial charge in [0.1, 0.15) is 5.52 Å². The lowest BCUT2D eigenvalue weighted by molar-refractivity contribution is 0.549. The van der Waals surface area contributed by atoms with Crippen LogP contribution in [0.3, 0.4) is 0 Å². The molecule has 0 fully saturated rings. The fourth-order valence-electron chi connectivity index (χ4n) is 0.923. The van der Waals surface area contributed by atoms with Crippen molar-refractivity contribution in [2.75, 3.05) is 0 Å². The third-order valence-corrected chi connectivity index (χ3v) is 1.35. The highest BCUT2D eigenvalue weighted by Gasteiger charge is 2.02. The molecule has 70 valence electrons. The third kappa shape index (κ3) is 2.02. The molecule has 0 N–H and O–H groups in total. The summed E-state index contributed by atoms with van der Waals surface area (Å²) in [6.45, 7) is 5.71. The topological polar surface area (TPSA) is 38.9 Å². The van der Waals surface area contributed by atoms with Gasteiger partial charge in [0, 0.05) is 13.0 Å². The first kappa shape index (κ1) is 9.64. The van der Waals surface area contributed by atoms with Crippen molar-refractivity contribution >= 4 is 11.1 Å². The van der Waals surface area contributed by atoms with Crippen molar-refractivity contribution in [1.29, 1.82) is 0 Å². The van der Waals surface area contributed by atoms with Gasteiger partial charge in [0.2, 0.25) is 5.95 Å². The maximum absolute atomic E-state index is 12.4. The molecule has 0 saturated heterocycles. The first-order valence-electron chi connectivity index (χ1n) is 4.14. The van der Waals surface area contributed by atoms with Gasteiger partial charge in [0.25, 0.3) is 0 Å². The zero-order valence-corrected chi connectivity index (χ0v) is 7.84. The largest absolute Gasteiger partial charge is 0.441 e. The number of hydrogen-bond acceptors (Lipinski definition) is 3. The van der Waals surface area contributed by atoms with Crippen molar-refractivity contribution in [1.82, 2.24) is 9.97 Å². The van der Waals surface area contributed by atoms with Crippen LogP contribution >= 0.6 is 0 Å². The molecular weight excluding hydrogens is 171 g/mol. The Balaban J connectivity index is 0.000000396. The summed E-state index contributed by atoms with van der Waals surface area (Å²) in [5, 5.41) is 0. The molecule has 0 unspecified atom stereocenters. The minimum atomic E-state index is -0.548. The van der Waals surface area contributed by atoms with Crippen molar-refractivity contribution in [2.24, 2.45) is 0 Å². The van der Waals surface area contributed by atoms with E-state index < -0.39 is 5.95 Å². The summed E-state index contributed by atoms with van der Waals surface area (Å²) in [6.07, 6.45) is 1.35. The van der Waals surface area contributed by atoms with Crippen LogP contribution in [0.2, 0.25) is 0 Å². The van der Waals surface area contributed by atoms with E-state index in [9.17, 15) is 4.39 Å². The van der Waals surface area contributed by atoms with Crippen LogP contribution in [0.1, 0.15) is 19.7 Å². The lowest BCUT2D eigenvalue weighted by atomic mass is 10.4. The number of nitrogens with zero attached hydrogens (tertiary/aromatic N) is 2. The number of rotatable bonds is 0. The van der Waals surface area contributed by atoms with Gasteiger partial charge in [-0.25, -0.2) is 9.97 Å². The summed E-state index contributed by atoms with van der Waals surface area (Å²) in [5.74, 6) is -0.0268. The molecule has 4 heteroatoms. The lowest BCUT2D eigenvalue weighted by Gasteiger charge is -1.83. The van der Waals surface area contributed by atoms with Gasteiger partial charge < -0.3 is 4.42 Å². The SMILES string of the molecule is CC.Cc1nc2cnc(F)cc2o1. The van der Waals surface area contributed by atoms with E-state index in [1.54, 1.807) is 6.92 Å². The summed E-state index contributed by atoms with van der Waals surface area (Å²) >= 11 is 0. The average Bonchev–Trinajstić information content (AvgIpc) is 2.48. The maximum atomic E-state index is 12.4. The smallest absolute Gasteiger partial charge is 0.216 e. The standard InChI is InChI=1S/C7H5FN2O.C2H6/c1-4-10-5-3-9-7(8)2-6(5)11-4;1-2/h2-3H,1H3;1-2H3. The molecular formula is C9H11FN2O. The second-order valence-electron chi connectivity index (χ2n) is 2.21. The monoisotopic (exact) mass is 182 g/mol. The van der Waals surface area contributed by atoms with E-state index in [2.05, 4.69) is 9.97 Å². The molecule has 0 aliphatic carbocycles. The average molecular weight is 182 g/mol. The van der Waals surface area contributed by atoms with Crippen LogP contribution in [-0.4, -0.2) is 9.97 Å². The molecule has 0 aromatic carbocycles. The minimum Gasteiger partial charge on any atom is -0.441 e. The Labute approximate surface area is 75.6 Å². The predicted octanol–water partition coefficient (Wildman–Crippen LogP) is 2.70. The summed E-state index contributed by atoms with van der Waals surface area (Å²) < 4.78 is 17.5. The number of aromatic nitrogens is 2. The first-order chi connectivity index (χ1) is 6.25. The zero-order valence-electron chi connectivity index (χ0n) is 7.84. The summed E-state index contributed by atoms with van der Waals surface area (Å²) in [6, 6.07) is 1.22. The van der Waals surface area contributed by atoms with Crippen molar-refractivity contribution in [3.05, 3.63) is 24.1 Å². The molecule has 2 aromatic rings. The van der Waals surface area contributed by atoms with Crippen molar-refractivity contribution in [2.45, 2.75) is 20.8 Å². The molecule has 0 aliphatic heterocycles. The van der Waals surface area contributed by atoms with E-state index in [0.29, 0.717) is 17.0 Å². The molecule has 2 heterocycles. The van der Waals surface area contributed by atoms with Crippen LogP contribution in [0, 0.1) is 12.9 Å². The zero-order chi connectivity index (χ0) is 9.84. The Kier molecular flexibility index (Phi) is 2.95. The highest BCUT2D eigenvalue weighted by molar-refractivity contribution is 5.70. The highest BCUT2D eigenvalue weighted by Crippen LogP contribution is 2.13. The highest BCUT2D eigenvalue weighted by atomic mass is 19.1. The Morgan fingerprint density at radius 3 is 2.77 bits per heavy atom. The van der Waals surface area contributed by atoms with Gasteiger partial charge in [-0.2, -0.15) is 4.39 Å². The van der Waals surface area contributed by atoms with Crippen LogP contribution in [-0.2, 0) is 0 Å². The van der Waals surface area contributed by atoms with E-state index in [1.807, 2.05) is 13.8 Å². The number of fused-ring (bicyclic) bond motifs is 1. The van der Waals surface area contributed by atoms with E-state index in [0.717, 1.165) is 0 Å². The fraction of sp³-hybridized carbons (Fsp3) is 0.333. The van der Waals surface area contributed by atoms with E-state index in [4.69, 9.17) is 4.42 Å². The molecule has 0 spiro atoms. The molecule has 2 rings (SSSR count). The number of pyridine rings is 1. The predicted molar refractivity (Wildman–Crippen MR) is 47.8 cm³/mol. The van der Waals surface area contributed by atoms with Crippen LogP contribution < -0.4 is 0 Å². The Hall–Kier alpha value is -1.45. The van der Waals surface area contributed by atoms with Gasteiger partial charge in [-0.3, -0.25) is 0 Å². The van der Waals surface area contributed by atoms with Crippen LogP contribution in [0.4, 0.5) is 4.39 Å². The lowest BCUT2D eigenvalue weighted by Crippen LogP contribution is -1.78. The van der Waals surface area contributed by atoms with Crippen molar-refractivity contribution in [3.63, 3.8) is 0 Å². The molecule has 0 amide bonds. The van der Waals surface area contributed by atoms with Gasteiger partial charge in [0.05, 0.1) is 6.20 Å². The Bertz CT molecular complexity index is 397. The van der Waals surface area contributed by atoms with Crippen LogP contribution in [0.25, 0.3) is 11.1 Å². The van der Waals surface area contributed by atoms with E-state index in [1.165, 1.54) is 12.3 Å². The van der Waals surface area contributed by atoms with Crippen molar-refractivity contribution < 1.29 is 8.81 Å². The number of aryl methyl sites for hydroxylation is 1. The second-order valence-corrected chi connectivity index (χ2v) is 2.21. The molecule has 3 nitrogen and oxygen atoms in total. The van der Waals surface area contributed by atoms with Gasteiger partial charge in [-0.05, 0) is 0 Å². The van der Waals surface area contributed by atoms with Gasteiger partial charge in [0.15, 0.2) is 11.5 Å². The molecule has 13 heavy (non-hydrogen) atoms. The molecule has 0 radical (unpaired) electrons. The number of oxazole rings is 1. The number of hydrogen-bond donors (Lipinski definition) is 0. The molecule has 2 aromatic heterocycles. The summed E-state index contributed by atoms with van der Waals surface area (Å²) in [7, 11) is 0. The normalized spacial score (nSPS) is 9.54. The second kappa shape index (κ2) is 3.98. The summed E-state index contributed by atoms with van der Waals surface area (Å²) in [4.78, 5) is 7.39. The summed E-state index contributed by atoms with van der Waals surface area (Å²) in [5.41, 5.74) is 1.03. The van der Waals surface area contributed by atoms with Gasteiger partial charge in [-0.1, -0.05) is 13.8 Å². The van der Waals surface area contributed by atoms with E-state index >= 15 is 0 Å². The number of halogens is 1. The Morgan fingerprint density at radius 1 is 1.38 bits per heavy atom. The third-order valence-electron chi connectivity index (χ3n) is 1.35. The van der Waals surface area contributed by atoms with Crippen LogP contribution in [0.5, 0.6) is 0 Å². The molecule has 0 atom stereocenters. The maximum Gasteiger partial charge on any atom is 0.216 e. The van der Waals surface area contributed by atoms with E-state index in [-0.39, 0.29) is 0 Å². The quantitative estimate of drug-likeness (QED) is 0.588. The molecule has 0 aliphatic rings. The molecule has 0 saturated carbocycles.